The number of carbonyl (C=O) groups excluding carboxylic acids is 1. The lowest BCUT2D eigenvalue weighted by Gasteiger charge is -2.19. The van der Waals surface area contributed by atoms with E-state index in [-0.39, 0.29) is 12.5 Å². The molecule has 4 rings (SSSR count). The second kappa shape index (κ2) is 8.43. The van der Waals surface area contributed by atoms with Crippen LogP contribution >= 0.6 is 0 Å². The van der Waals surface area contributed by atoms with Crippen LogP contribution in [0.15, 0.2) is 72.8 Å². The van der Waals surface area contributed by atoms with Crippen LogP contribution in [0.5, 0.6) is 0 Å². The van der Waals surface area contributed by atoms with E-state index in [0.717, 1.165) is 34.4 Å². The van der Waals surface area contributed by atoms with Gasteiger partial charge < -0.3 is 15.2 Å². The van der Waals surface area contributed by atoms with E-state index in [1.807, 2.05) is 48.5 Å². The molecule has 0 aliphatic heterocycles. The molecule has 0 radical (unpaired) electrons. The van der Waals surface area contributed by atoms with Gasteiger partial charge in [-0.15, -0.1) is 0 Å². The zero-order chi connectivity index (χ0) is 22.0. The van der Waals surface area contributed by atoms with Gasteiger partial charge >= 0.3 is 12.3 Å². The van der Waals surface area contributed by atoms with E-state index in [4.69, 9.17) is 4.74 Å². The van der Waals surface area contributed by atoms with Gasteiger partial charge in [0.2, 0.25) is 0 Å². The smallest absolute Gasteiger partial charge is 0.416 e. The van der Waals surface area contributed by atoms with E-state index in [1.165, 1.54) is 12.1 Å². The van der Waals surface area contributed by atoms with Gasteiger partial charge in [-0.2, -0.15) is 13.2 Å². The van der Waals surface area contributed by atoms with Gasteiger partial charge in [0.05, 0.1) is 18.2 Å². The molecule has 0 aromatic heterocycles. The summed E-state index contributed by atoms with van der Waals surface area (Å²) in [6, 6.07) is 19.3. The number of hydrogen-bond acceptors (Lipinski definition) is 3. The van der Waals surface area contributed by atoms with Crippen molar-refractivity contribution in [2.24, 2.45) is 0 Å². The third-order valence-electron chi connectivity index (χ3n) is 5.46. The van der Waals surface area contributed by atoms with E-state index in [2.05, 4.69) is 5.32 Å². The van der Waals surface area contributed by atoms with Crippen molar-refractivity contribution in [1.82, 2.24) is 5.32 Å². The molecule has 0 saturated heterocycles. The van der Waals surface area contributed by atoms with Gasteiger partial charge in [-0.3, -0.25) is 0 Å². The molecule has 0 bridgehead atoms. The van der Waals surface area contributed by atoms with Gasteiger partial charge in [0.25, 0.3) is 0 Å². The summed E-state index contributed by atoms with van der Waals surface area (Å²) in [6.45, 7) is -0.374. The number of amides is 1. The molecule has 0 fully saturated rings. The molecule has 0 heterocycles. The number of ether oxygens (including phenoxy) is 1. The maximum atomic E-state index is 12.7. The lowest BCUT2D eigenvalue weighted by atomic mass is 9.98. The quantitative estimate of drug-likeness (QED) is 0.583. The fourth-order valence-electron chi connectivity index (χ4n) is 3.92. The molecule has 31 heavy (non-hydrogen) atoms. The fraction of sp³-hybridized carbons (Fsp3) is 0.208. The lowest BCUT2D eigenvalue weighted by molar-refractivity contribution is -0.137. The number of benzene rings is 3. The van der Waals surface area contributed by atoms with Gasteiger partial charge in [0, 0.05) is 5.92 Å². The van der Waals surface area contributed by atoms with Crippen molar-refractivity contribution in [3.05, 3.63) is 95.1 Å². The summed E-state index contributed by atoms with van der Waals surface area (Å²) >= 11 is 0. The van der Waals surface area contributed by atoms with Crippen LogP contribution in [-0.4, -0.2) is 24.4 Å². The number of rotatable bonds is 5. The Kier molecular flexibility index (Phi) is 5.69. The molecule has 1 aliphatic carbocycles. The van der Waals surface area contributed by atoms with Crippen LogP contribution in [-0.2, 0) is 10.9 Å². The first-order valence-electron chi connectivity index (χ1n) is 9.78. The normalized spacial score (nSPS) is 13.9. The third kappa shape index (κ3) is 4.27. The predicted octanol–water partition coefficient (Wildman–Crippen LogP) is 5.28. The van der Waals surface area contributed by atoms with Gasteiger partial charge in [-0.05, 0) is 39.9 Å². The number of carbonyl (C=O) groups is 1. The number of aliphatic hydroxyl groups is 1. The van der Waals surface area contributed by atoms with Crippen LogP contribution in [0.3, 0.4) is 0 Å². The van der Waals surface area contributed by atoms with Crippen LogP contribution in [0.4, 0.5) is 18.0 Å². The lowest BCUT2D eigenvalue weighted by Crippen LogP contribution is -2.32. The Morgan fingerprint density at radius 1 is 0.935 bits per heavy atom. The molecule has 160 valence electrons. The van der Waals surface area contributed by atoms with E-state index in [9.17, 15) is 23.1 Å². The van der Waals surface area contributed by atoms with Crippen LogP contribution in [0.1, 0.15) is 34.2 Å². The Morgan fingerprint density at radius 3 is 2.00 bits per heavy atom. The highest BCUT2D eigenvalue weighted by atomic mass is 19.4. The Balaban J connectivity index is 1.43. The number of alkyl carbamates (subject to hydrolysis) is 1. The first-order chi connectivity index (χ1) is 14.9. The van der Waals surface area contributed by atoms with Crippen molar-refractivity contribution in [3.63, 3.8) is 0 Å². The summed E-state index contributed by atoms with van der Waals surface area (Å²) in [5.74, 6) is -0.114. The molecule has 4 nitrogen and oxygen atoms in total. The molecule has 1 atom stereocenters. The molecule has 0 saturated carbocycles. The summed E-state index contributed by atoms with van der Waals surface area (Å²) in [5.41, 5.74) is 3.89. The van der Waals surface area contributed by atoms with Gasteiger partial charge in [0.1, 0.15) is 6.61 Å². The molecule has 2 N–H and O–H groups in total. The maximum Gasteiger partial charge on any atom is 0.416 e. The maximum absolute atomic E-state index is 12.7. The number of halogens is 3. The molecule has 1 unspecified atom stereocenters. The van der Waals surface area contributed by atoms with Crippen LogP contribution in [0, 0.1) is 0 Å². The molecule has 3 aromatic carbocycles. The van der Waals surface area contributed by atoms with Crippen molar-refractivity contribution >= 4 is 6.09 Å². The largest absolute Gasteiger partial charge is 0.449 e. The zero-order valence-electron chi connectivity index (χ0n) is 16.4. The van der Waals surface area contributed by atoms with Crippen molar-refractivity contribution in [1.29, 1.82) is 0 Å². The summed E-state index contributed by atoms with van der Waals surface area (Å²) in [6.07, 6.45) is -5.20. The van der Waals surface area contributed by atoms with E-state index >= 15 is 0 Å². The Bertz CT molecular complexity index is 1030. The van der Waals surface area contributed by atoms with E-state index < -0.39 is 30.5 Å². The second-order valence-electron chi connectivity index (χ2n) is 7.32. The highest BCUT2D eigenvalue weighted by molar-refractivity contribution is 5.79. The number of alkyl halides is 3. The molecule has 0 spiro atoms. The second-order valence-corrected chi connectivity index (χ2v) is 7.32. The Labute approximate surface area is 177 Å². The molecule has 1 aliphatic rings. The molecule has 3 aromatic rings. The SMILES string of the molecule is O=C(NC(CO)c1ccc(C(F)(F)F)cc1)OCC1c2ccccc2-c2ccccc21. The van der Waals surface area contributed by atoms with Crippen molar-refractivity contribution in [2.45, 2.75) is 18.1 Å². The van der Waals surface area contributed by atoms with Crippen LogP contribution < -0.4 is 5.32 Å². The van der Waals surface area contributed by atoms with Crippen LogP contribution in [0.25, 0.3) is 11.1 Å². The fourth-order valence-corrected chi connectivity index (χ4v) is 3.92. The van der Waals surface area contributed by atoms with Gasteiger partial charge in [-0.25, -0.2) is 4.79 Å². The van der Waals surface area contributed by atoms with Gasteiger partial charge in [-0.1, -0.05) is 60.7 Å². The molecular weight excluding hydrogens is 407 g/mol. The standard InChI is InChI=1S/C24H20F3NO3/c25-24(26,27)16-11-9-15(10-12-16)22(13-29)28-23(30)31-14-21-19-7-3-1-5-17(19)18-6-2-4-8-20(18)21/h1-12,21-22,29H,13-14H2,(H,28,30). The van der Waals surface area contributed by atoms with Gasteiger partial charge in [0.15, 0.2) is 0 Å². The summed E-state index contributed by atoms with van der Waals surface area (Å²) in [4.78, 5) is 12.4. The van der Waals surface area contributed by atoms with Crippen molar-refractivity contribution < 1.29 is 27.8 Å². The van der Waals surface area contributed by atoms with E-state index in [0.29, 0.717) is 5.56 Å². The predicted molar refractivity (Wildman–Crippen MR) is 109 cm³/mol. The minimum atomic E-state index is -4.45. The number of hydrogen-bond donors (Lipinski definition) is 2. The number of nitrogens with one attached hydrogen (secondary N) is 1. The topological polar surface area (TPSA) is 58.6 Å². The average Bonchev–Trinajstić information content (AvgIpc) is 3.09. The van der Waals surface area contributed by atoms with Crippen molar-refractivity contribution in [2.75, 3.05) is 13.2 Å². The highest BCUT2D eigenvalue weighted by Gasteiger charge is 2.31. The monoisotopic (exact) mass is 427 g/mol. The summed E-state index contributed by atoms with van der Waals surface area (Å²) in [5, 5.41) is 12.1. The highest BCUT2D eigenvalue weighted by Crippen LogP contribution is 2.44. The first kappa shape index (κ1) is 20.9. The van der Waals surface area contributed by atoms with E-state index in [1.54, 1.807) is 0 Å². The Morgan fingerprint density at radius 2 is 1.48 bits per heavy atom. The third-order valence-corrected chi connectivity index (χ3v) is 5.46. The molecule has 7 heteroatoms. The first-order valence-corrected chi connectivity index (χ1v) is 9.78. The minimum absolute atomic E-state index is 0.102. The summed E-state index contributed by atoms with van der Waals surface area (Å²) < 4.78 is 43.6. The van der Waals surface area contributed by atoms with Crippen molar-refractivity contribution in [3.8, 4) is 11.1 Å². The number of fused-ring (bicyclic) bond motifs is 3. The molecular formula is C24H20F3NO3. The zero-order valence-corrected chi connectivity index (χ0v) is 16.4. The summed E-state index contributed by atoms with van der Waals surface area (Å²) in [7, 11) is 0. The Hall–Kier alpha value is -3.32. The molecule has 1 amide bonds. The van der Waals surface area contributed by atoms with Crippen LogP contribution in [0.2, 0.25) is 0 Å². The minimum Gasteiger partial charge on any atom is -0.449 e. The number of aliphatic hydroxyl groups excluding tert-OH is 1. The average molecular weight is 427 g/mol.